The van der Waals surface area contributed by atoms with Crippen LogP contribution in [0.1, 0.15) is 31.7 Å². The van der Waals surface area contributed by atoms with E-state index in [4.69, 9.17) is 5.73 Å². The Morgan fingerprint density at radius 2 is 2.05 bits per heavy atom. The summed E-state index contributed by atoms with van der Waals surface area (Å²) in [5.74, 6) is 0.211. The molecule has 1 amide bonds. The topological polar surface area (TPSA) is 46.3 Å². The monoisotopic (exact) mass is 282 g/mol. The molecule has 2 unspecified atom stereocenters. The molecule has 1 aromatic carbocycles. The van der Waals surface area contributed by atoms with Crippen LogP contribution in [0.3, 0.4) is 0 Å². The molecular weight excluding hydrogens is 260 g/mol. The predicted octanol–water partition coefficient (Wildman–Crippen LogP) is 2.38. The number of hydrogen-bond donors (Lipinski definition) is 1. The number of rotatable bonds is 3. The number of likely N-dealkylation sites (tertiary alicyclic amines) is 1. The van der Waals surface area contributed by atoms with Crippen LogP contribution in [-0.4, -0.2) is 29.4 Å². The number of amides is 1. The van der Waals surface area contributed by atoms with Crippen molar-refractivity contribution in [3.63, 3.8) is 0 Å². The van der Waals surface area contributed by atoms with E-state index in [1.807, 2.05) is 42.2 Å². The molecular formula is C15H23ClN2O. The van der Waals surface area contributed by atoms with E-state index in [1.54, 1.807) is 0 Å². The number of hydrogen-bond acceptors (Lipinski definition) is 2. The quantitative estimate of drug-likeness (QED) is 0.925. The van der Waals surface area contributed by atoms with Crippen LogP contribution < -0.4 is 5.73 Å². The van der Waals surface area contributed by atoms with Crippen LogP contribution in [-0.2, 0) is 11.2 Å². The molecule has 1 aliphatic rings. The van der Waals surface area contributed by atoms with Crippen molar-refractivity contribution in [2.75, 3.05) is 6.54 Å². The van der Waals surface area contributed by atoms with E-state index < -0.39 is 0 Å². The van der Waals surface area contributed by atoms with Crippen LogP contribution in [0, 0.1) is 0 Å². The molecule has 1 saturated heterocycles. The first-order valence-electron chi connectivity index (χ1n) is 6.77. The normalized spacial score (nSPS) is 20.5. The Labute approximate surface area is 121 Å². The second-order valence-electron chi connectivity index (χ2n) is 5.17. The summed E-state index contributed by atoms with van der Waals surface area (Å²) in [6.07, 6.45) is 3.81. The number of nitrogens with two attached hydrogens (primary N) is 1. The second-order valence-corrected chi connectivity index (χ2v) is 5.17. The lowest BCUT2D eigenvalue weighted by Crippen LogP contribution is -2.52. The summed E-state index contributed by atoms with van der Waals surface area (Å²) in [5.41, 5.74) is 7.07. The third-order valence-corrected chi connectivity index (χ3v) is 3.67. The van der Waals surface area contributed by atoms with Crippen LogP contribution in [0.4, 0.5) is 0 Å². The maximum atomic E-state index is 12.4. The summed E-state index contributed by atoms with van der Waals surface area (Å²) in [5, 5.41) is 0. The van der Waals surface area contributed by atoms with Crippen LogP contribution in [0.25, 0.3) is 0 Å². The highest BCUT2D eigenvalue weighted by Crippen LogP contribution is 2.20. The highest BCUT2D eigenvalue weighted by molar-refractivity contribution is 5.85. The third-order valence-electron chi connectivity index (χ3n) is 3.67. The molecule has 0 aliphatic carbocycles. The Morgan fingerprint density at radius 1 is 1.37 bits per heavy atom. The number of carbonyl (C=O) groups excluding carboxylic acids is 1. The number of halogens is 1. The fourth-order valence-electron chi connectivity index (χ4n) is 2.69. The molecule has 0 aromatic heterocycles. The van der Waals surface area contributed by atoms with Gasteiger partial charge in [-0.2, -0.15) is 0 Å². The minimum Gasteiger partial charge on any atom is -0.338 e. The summed E-state index contributed by atoms with van der Waals surface area (Å²) < 4.78 is 0. The van der Waals surface area contributed by atoms with E-state index in [9.17, 15) is 4.79 Å². The van der Waals surface area contributed by atoms with Gasteiger partial charge < -0.3 is 10.6 Å². The van der Waals surface area contributed by atoms with Gasteiger partial charge in [-0.25, -0.2) is 0 Å². The van der Waals surface area contributed by atoms with E-state index in [-0.39, 0.29) is 30.4 Å². The minimum absolute atomic E-state index is 0. The third kappa shape index (κ3) is 4.22. The van der Waals surface area contributed by atoms with Gasteiger partial charge in [0.25, 0.3) is 0 Å². The zero-order valence-corrected chi connectivity index (χ0v) is 12.2. The van der Waals surface area contributed by atoms with Gasteiger partial charge in [-0.1, -0.05) is 30.3 Å². The molecule has 4 heteroatoms. The average molecular weight is 283 g/mol. The predicted molar refractivity (Wildman–Crippen MR) is 80.4 cm³/mol. The van der Waals surface area contributed by atoms with Crippen molar-refractivity contribution >= 4 is 18.3 Å². The van der Waals surface area contributed by atoms with Crippen molar-refractivity contribution in [1.82, 2.24) is 4.90 Å². The fourth-order valence-corrected chi connectivity index (χ4v) is 2.69. The summed E-state index contributed by atoms with van der Waals surface area (Å²) in [6.45, 7) is 2.86. The first-order valence-corrected chi connectivity index (χ1v) is 6.77. The molecule has 2 N–H and O–H groups in total. The Balaban J connectivity index is 0.00000180. The highest BCUT2D eigenvalue weighted by atomic mass is 35.5. The van der Waals surface area contributed by atoms with Gasteiger partial charge in [0, 0.05) is 18.6 Å². The molecule has 2 rings (SSSR count). The van der Waals surface area contributed by atoms with Crippen molar-refractivity contribution in [2.24, 2.45) is 5.73 Å². The molecule has 1 aromatic rings. The Kier molecular flexibility index (Phi) is 6.32. The fraction of sp³-hybridized carbons (Fsp3) is 0.533. The van der Waals surface area contributed by atoms with Gasteiger partial charge in [0.05, 0.1) is 6.42 Å². The van der Waals surface area contributed by atoms with Crippen molar-refractivity contribution in [3.8, 4) is 0 Å². The van der Waals surface area contributed by atoms with Crippen molar-refractivity contribution in [1.29, 1.82) is 0 Å². The first kappa shape index (κ1) is 16.0. The van der Waals surface area contributed by atoms with Gasteiger partial charge in [-0.3, -0.25) is 4.79 Å². The Bertz CT molecular complexity index is 394. The van der Waals surface area contributed by atoms with Crippen LogP contribution in [0.2, 0.25) is 0 Å². The van der Waals surface area contributed by atoms with E-state index >= 15 is 0 Å². The number of benzene rings is 1. The summed E-state index contributed by atoms with van der Waals surface area (Å²) >= 11 is 0. The largest absolute Gasteiger partial charge is 0.338 e. The standard InChI is InChI=1S/C15H22N2O.ClH/c1-12(16)14-9-5-6-10-17(14)15(18)11-13-7-3-2-4-8-13;/h2-4,7-8,12,14H,5-6,9-11,16H2,1H3;1H. The van der Waals surface area contributed by atoms with Crippen molar-refractivity contribution in [3.05, 3.63) is 35.9 Å². The van der Waals surface area contributed by atoms with E-state index in [1.165, 1.54) is 6.42 Å². The highest BCUT2D eigenvalue weighted by Gasteiger charge is 2.28. The zero-order chi connectivity index (χ0) is 13.0. The molecule has 0 saturated carbocycles. The second kappa shape index (κ2) is 7.51. The molecule has 3 nitrogen and oxygen atoms in total. The maximum Gasteiger partial charge on any atom is 0.227 e. The lowest BCUT2D eigenvalue weighted by atomic mass is 9.96. The van der Waals surface area contributed by atoms with Crippen LogP contribution in [0.5, 0.6) is 0 Å². The van der Waals surface area contributed by atoms with Crippen LogP contribution in [0.15, 0.2) is 30.3 Å². The van der Waals surface area contributed by atoms with Crippen molar-refractivity contribution in [2.45, 2.75) is 44.7 Å². The Morgan fingerprint density at radius 3 is 2.68 bits per heavy atom. The van der Waals surface area contributed by atoms with Gasteiger partial charge in [-0.05, 0) is 31.7 Å². The van der Waals surface area contributed by atoms with Gasteiger partial charge in [-0.15, -0.1) is 12.4 Å². The molecule has 0 radical (unpaired) electrons. The van der Waals surface area contributed by atoms with Gasteiger partial charge in [0.2, 0.25) is 5.91 Å². The lowest BCUT2D eigenvalue weighted by Gasteiger charge is -2.38. The number of carbonyl (C=O) groups is 1. The number of nitrogens with zero attached hydrogens (tertiary/aromatic N) is 1. The minimum atomic E-state index is 0. The van der Waals surface area contributed by atoms with Gasteiger partial charge in [0.1, 0.15) is 0 Å². The van der Waals surface area contributed by atoms with Gasteiger partial charge >= 0.3 is 0 Å². The molecule has 1 fully saturated rings. The van der Waals surface area contributed by atoms with E-state index in [2.05, 4.69) is 0 Å². The lowest BCUT2D eigenvalue weighted by molar-refractivity contribution is -0.134. The molecule has 1 aliphatic heterocycles. The molecule has 19 heavy (non-hydrogen) atoms. The molecule has 0 spiro atoms. The van der Waals surface area contributed by atoms with Gasteiger partial charge in [0.15, 0.2) is 0 Å². The summed E-state index contributed by atoms with van der Waals surface area (Å²) in [6, 6.07) is 10.2. The maximum absolute atomic E-state index is 12.4. The number of piperidine rings is 1. The van der Waals surface area contributed by atoms with E-state index in [0.717, 1.165) is 24.9 Å². The van der Waals surface area contributed by atoms with E-state index in [0.29, 0.717) is 6.42 Å². The summed E-state index contributed by atoms with van der Waals surface area (Å²) in [7, 11) is 0. The van der Waals surface area contributed by atoms with Crippen molar-refractivity contribution < 1.29 is 4.79 Å². The smallest absolute Gasteiger partial charge is 0.227 e. The zero-order valence-electron chi connectivity index (χ0n) is 11.4. The first-order chi connectivity index (χ1) is 8.68. The molecule has 2 atom stereocenters. The average Bonchev–Trinajstić information content (AvgIpc) is 2.40. The molecule has 1 heterocycles. The van der Waals surface area contributed by atoms with Crippen LogP contribution >= 0.6 is 12.4 Å². The summed E-state index contributed by atoms with van der Waals surface area (Å²) in [4.78, 5) is 14.3. The Hall–Kier alpha value is -1.06. The molecule has 106 valence electrons. The molecule has 0 bridgehead atoms. The SMILES string of the molecule is CC(N)C1CCCCN1C(=O)Cc1ccccc1.Cl.